The van der Waals surface area contributed by atoms with Crippen molar-refractivity contribution in [2.45, 2.75) is 70.3 Å². The number of pyridine rings is 1. The average Bonchev–Trinajstić information content (AvgIpc) is 3.17. The van der Waals surface area contributed by atoms with Gasteiger partial charge in [-0.15, -0.1) is 0 Å². The number of piperazine rings is 1. The number of ether oxygens (including phenoxy) is 1. The minimum Gasteiger partial charge on any atom is -0.383 e. The van der Waals surface area contributed by atoms with E-state index in [-0.39, 0.29) is 22.9 Å². The molecule has 3 aliphatic rings. The van der Waals surface area contributed by atoms with Crippen LogP contribution in [0.15, 0.2) is 36.5 Å². The smallest absolute Gasteiger partial charge is 0.241 e. The summed E-state index contributed by atoms with van der Waals surface area (Å²) in [7, 11) is 0. The fourth-order valence-corrected chi connectivity index (χ4v) is 6.30. The lowest BCUT2D eigenvalue weighted by Crippen LogP contribution is -2.63. The molecule has 212 valence electrons. The summed E-state index contributed by atoms with van der Waals surface area (Å²) in [6.45, 7) is 15.5. The largest absolute Gasteiger partial charge is 0.383 e. The summed E-state index contributed by atoms with van der Waals surface area (Å²) >= 11 is 0. The molecule has 1 aromatic heterocycles. The Morgan fingerprint density at radius 2 is 1.95 bits per heavy atom. The third-order valence-electron chi connectivity index (χ3n) is 8.53. The van der Waals surface area contributed by atoms with E-state index in [1.165, 1.54) is 6.07 Å². The molecule has 4 heterocycles. The number of aliphatic hydroxyl groups excluding tert-OH is 1. The summed E-state index contributed by atoms with van der Waals surface area (Å²) in [6, 6.07) is 9.18. The number of morpholine rings is 1. The van der Waals surface area contributed by atoms with E-state index in [1.807, 2.05) is 4.90 Å². The molecule has 39 heavy (non-hydrogen) atoms. The maximum atomic E-state index is 14.4. The molecule has 8 nitrogen and oxygen atoms in total. The minimum absolute atomic E-state index is 0.0170. The number of carbonyl (C=O) groups excluding carboxylic acids is 1. The van der Waals surface area contributed by atoms with Crippen LogP contribution in [0, 0.1) is 5.82 Å². The van der Waals surface area contributed by atoms with Crippen molar-refractivity contribution in [3.8, 4) is 0 Å². The van der Waals surface area contributed by atoms with Crippen LogP contribution in [0.4, 0.5) is 10.1 Å². The lowest BCUT2D eigenvalue weighted by molar-refractivity contribution is -0.121. The van der Waals surface area contributed by atoms with E-state index in [1.54, 1.807) is 30.5 Å². The molecule has 0 radical (unpaired) electrons. The molecule has 2 fully saturated rings. The van der Waals surface area contributed by atoms with Gasteiger partial charge in [-0.1, -0.05) is 32.0 Å². The number of fused-ring (bicyclic) bond motifs is 1. The second kappa shape index (κ2) is 11.2. The van der Waals surface area contributed by atoms with Gasteiger partial charge in [0.05, 0.1) is 31.1 Å². The number of rotatable bonds is 6. The summed E-state index contributed by atoms with van der Waals surface area (Å²) in [6.07, 6.45) is 0.435. The Kier molecular flexibility index (Phi) is 8.08. The van der Waals surface area contributed by atoms with Crippen molar-refractivity contribution in [1.29, 1.82) is 0 Å². The van der Waals surface area contributed by atoms with Crippen LogP contribution in [-0.4, -0.2) is 95.9 Å². The minimum atomic E-state index is -1.17. The SMILES string of the molecule is C[C@@H]1CN(CC(=O)N2CC(C)(C)c3ncc([C@H](O)c4ccccc4F)cc32)[C@@H](CN2[C@H](C)COC[C@H]2C)CN1. The molecule has 0 aliphatic carbocycles. The summed E-state index contributed by atoms with van der Waals surface area (Å²) in [5.41, 5.74) is 1.85. The third-order valence-corrected chi connectivity index (χ3v) is 8.53. The van der Waals surface area contributed by atoms with E-state index < -0.39 is 11.9 Å². The molecule has 3 aliphatic heterocycles. The summed E-state index contributed by atoms with van der Waals surface area (Å²) in [5.74, 6) is -0.454. The van der Waals surface area contributed by atoms with Crippen molar-refractivity contribution in [2.75, 3.05) is 50.8 Å². The van der Waals surface area contributed by atoms with Crippen LogP contribution in [0.5, 0.6) is 0 Å². The summed E-state index contributed by atoms with van der Waals surface area (Å²) in [5, 5.41) is 14.6. The van der Waals surface area contributed by atoms with E-state index in [2.05, 4.69) is 54.7 Å². The standard InChI is InChI=1S/C30H42FN5O3/c1-19-13-34(23(12-32-19)14-35-20(2)16-39-17-21(35)3)15-27(37)36-18-30(4,5)29-26(36)10-22(11-33-29)28(38)24-8-6-7-9-25(24)31/h6-11,19-21,23,28,32,38H,12-18H2,1-5H3/t19-,20-,21-,23-,28+/m1/s1. The highest BCUT2D eigenvalue weighted by atomic mass is 19.1. The zero-order valence-electron chi connectivity index (χ0n) is 23.7. The number of anilines is 1. The number of aromatic nitrogens is 1. The van der Waals surface area contributed by atoms with Crippen LogP contribution in [0.25, 0.3) is 0 Å². The molecular weight excluding hydrogens is 497 g/mol. The molecule has 5 rings (SSSR count). The molecule has 9 heteroatoms. The fourth-order valence-electron chi connectivity index (χ4n) is 6.30. The molecule has 0 spiro atoms. The first-order chi connectivity index (χ1) is 18.5. The molecule has 2 N–H and O–H groups in total. The van der Waals surface area contributed by atoms with Crippen LogP contribution in [0.2, 0.25) is 0 Å². The zero-order valence-corrected chi connectivity index (χ0v) is 23.7. The first-order valence-corrected chi connectivity index (χ1v) is 14.1. The lowest BCUT2D eigenvalue weighted by atomic mass is 9.90. The van der Waals surface area contributed by atoms with Crippen molar-refractivity contribution >= 4 is 11.6 Å². The highest BCUT2D eigenvalue weighted by Crippen LogP contribution is 2.41. The Morgan fingerprint density at radius 1 is 1.23 bits per heavy atom. The van der Waals surface area contributed by atoms with Gasteiger partial charge < -0.3 is 20.1 Å². The number of halogens is 1. The highest BCUT2D eigenvalue weighted by molar-refractivity contribution is 5.97. The van der Waals surface area contributed by atoms with Gasteiger partial charge in [0.15, 0.2) is 0 Å². The number of nitrogens with zero attached hydrogens (tertiary/aromatic N) is 4. The van der Waals surface area contributed by atoms with Gasteiger partial charge in [0.25, 0.3) is 0 Å². The Morgan fingerprint density at radius 3 is 2.67 bits per heavy atom. The molecule has 0 saturated carbocycles. The maximum absolute atomic E-state index is 14.4. The van der Waals surface area contributed by atoms with Gasteiger partial charge in [0, 0.05) is 73.1 Å². The predicted molar refractivity (Wildman–Crippen MR) is 149 cm³/mol. The maximum Gasteiger partial charge on any atom is 0.241 e. The highest BCUT2D eigenvalue weighted by Gasteiger charge is 2.41. The third kappa shape index (κ3) is 5.74. The molecule has 1 amide bonds. The van der Waals surface area contributed by atoms with Crippen molar-refractivity contribution in [3.05, 3.63) is 59.2 Å². The quantitative estimate of drug-likeness (QED) is 0.584. The second-order valence-corrected chi connectivity index (χ2v) is 12.2. The Labute approximate surface area is 231 Å². The Hall–Kier alpha value is -2.43. The fraction of sp³-hybridized carbons (Fsp3) is 0.600. The van der Waals surface area contributed by atoms with Crippen LogP contribution >= 0.6 is 0 Å². The lowest BCUT2D eigenvalue weighted by Gasteiger charge is -2.46. The van der Waals surface area contributed by atoms with Crippen LogP contribution in [0.3, 0.4) is 0 Å². The Bertz CT molecular complexity index is 1180. The predicted octanol–water partition coefficient (Wildman–Crippen LogP) is 2.70. The second-order valence-electron chi connectivity index (χ2n) is 12.2. The summed E-state index contributed by atoms with van der Waals surface area (Å²) in [4.78, 5) is 25.2. The first-order valence-electron chi connectivity index (χ1n) is 14.1. The van der Waals surface area contributed by atoms with Gasteiger partial charge in [0.2, 0.25) is 5.91 Å². The van der Waals surface area contributed by atoms with Gasteiger partial charge in [-0.3, -0.25) is 19.6 Å². The van der Waals surface area contributed by atoms with E-state index >= 15 is 0 Å². The van der Waals surface area contributed by atoms with Gasteiger partial charge in [-0.2, -0.15) is 0 Å². The first kappa shape index (κ1) is 28.1. The zero-order chi connectivity index (χ0) is 27.9. The van der Waals surface area contributed by atoms with Crippen molar-refractivity contribution in [1.82, 2.24) is 20.1 Å². The van der Waals surface area contributed by atoms with E-state index in [4.69, 9.17) is 4.74 Å². The monoisotopic (exact) mass is 539 g/mol. The van der Waals surface area contributed by atoms with E-state index in [0.717, 1.165) is 38.5 Å². The van der Waals surface area contributed by atoms with E-state index in [0.29, 0.717) is 42.5 Å². The normalized spacial score (nSPS) is 28.3. The molecule has 1 aromatic carbocycles. The number of hydrogen-bond donors (Lipinski definition) is 2. The number of aliphatic hydroxyl groups is 1. The number of benzene rings is 1. The number of nitrogens with one attached hydrogen (secondary N) is 1. The van der Waals surface area contributed by atoms with Crippen molar-refractivity contribution < 1.29 is 19.0 Å². The molecule has 2 saturated heterocycles. The Balaban J connectivity index is 1.37. The molecule has 0 unspecified atom stereocenters. The topological polar surface area (TPSA) is 81.2 Å². The number of carbonyl (C=O) groups is 1. The average molecular weight is 540 g/mol. The van der Waals surface area contributed by atoms with Gasteiger partial charge >= 0.3 is 0 Å². The number of amides is 1. The molecular formula is C30H42FN5O3. The van der Waals surface area contributed by atoms with Crippen LogP contribution in [-0.2, 0) is 14.9 Å². The van der Waals surface area contributed by atoms with Crippen molar-refractivity contribution in [2.24, 2.45) is 0 Å². The molecule has 5 atom stereocenters. The number of hydrogen-bond acceptors (Lipinski definition) is 7. The van der Waals surface area contributed by atoms with E-state index in [9.17, 15) is 14.3 Å². The molecule has 0 bridgehead atoms. The van der Waals surface area contributed by atoms with Crippen LogP contribution < -0.4 is 10.2 Å². The van der Waals surface area contributed by atoms with Gasteiger partial charge in [-0.25, -0.2) is 4.39 Å². The van der Waals surface area contributed by atoms with Crippen LogP contribution in [0.1, 0.15) is 57.5 Å². The molecule has 2 aromatic rings. The van der Waals surface area contributed by atoms with Gasteiger partial charge in [0.1, 0.15) is 11.9 Å². The summed E-state index contributed by atoms with van der Waals surface area (Å²) < 4.78 is 20.1. The van der Waals surface area contributed by atoms with Crippen molar-refractivity contribution in [3.63, 3.8) is 0 Å². The van der Waals surface area contributed by atoms with Gasteiger partial charge in [-0.05, 0) is 32.9 Å².